The number of phenolic OH excluding ortho intramolecular Hbond substituents is 1. The third-order valence-corrected chi connectivity index (χ3v) is 5.96. The van der Waals surface area contributed by atoms with E-state index in [0.717, 1.165) is 0 Å². The van der Waals surface area contributed by atoms with Crippen LogP contribution in [0.4, 0.5) is 0 Å². The first-order valence-electron chi connectivity index (χ1n) is 11.6. The van der Waals surface area contributed by atoms with Crippen LogP contribution in [0.1, 0.15) is 31.2 Å². The summed E-state index contributed by atoms with van der Waals surface area (Å²) < 4.78 is 0. The predicted molar refractivity (Wildman–Crippen MR) is 138 cm³/mol. The van der Waals surface area contributed by atoms with E-state index in [-0.39, 0.29) is 25.0 Å². The number of nitrogens with two attached hydrogens (primary N) is 3. The highest BCUT2D eigenvalue weighted by Crippen LogP contribution is 2.12. The number of carboxylic acids is 1. The number of carbonyl (C=O) groups excluding carboxylic acids is 5. The van der Waals surface area contributed by atoms with E-state index in [1.165, 1.54) is 36.0 Å². The minimum Gasteiger partial charge on any atom is -0.508 e. The minimum absolute atomic E-state index is 0.0433. The smallest absolute Gasteiger partial charge is 0.326 e. The Morgan fingerprint density at radius 3 is 1.92 bits per heavy atom. The zero-order valence-corrected chi connectivity index (χ0v) is 21.7. The summed E-state index contributed by atoms with van der Waals surface area (Å²) in [6, 6.07) is 0.401. The quantitative estimate of drug-likeness (QED) is 0.102. The molecule has 0 fully saturated rings. The van der Waals surface area contributed by atoms with Gasteiger partial charge in [-0.1, -0.05) is 12.1 Å². The monoisotopic (exact) mass is 554 g/mol. The lowest BCUT2D eigenvalue weighted by Gasteiger charge is -2.25. The van der Waals surface area contributed by atoms with Crippen LogP contribution in [0.5, 0.6) is 5.75 Å². The van der Waals surface area contributed by atoms with Crippen LogP contribution in [-0.2, 0) is 35.2 Å². The van der Waals surface area contributed by atoms with E-state index in [9.17, 15) is 39.0 Å². The number of benzene rings is 1. The molecule has 210 valence electrons. The van der Waals surface area contributed by atoms with Crippen molar-refractivity contribution in [2.75, 3.05) is 12.0 Å². The molecule has 0 heterocycles. The molecule has 38 heavy (non-hydrogen) atoms. The molecule has 0 spiro atoms. The fraction of sp³-hybridized carbons (Fsp3) is 0.478. The van der Waals surface area contributed by atoms with Gasteiger partial charge in [0.15, 0.2) is 0 Å². The number of carboxylic acid groups (broad SMARTS) is 1. The maximum Gasteiger partial charge on any atom is 0.326 e. The Balaban J connectivity index is 3.15. The number of hydrogen-bond donors (Lipinski definition) is 8. The molecular formula is C23H34N6O8S. The zero-order chi connectivity index (χ0) is 28.8. The maximum atomic E-state index is 13.1. The first-order chi connectivity index (χ1) is 17.8. The Bertz CT molecular complexity index is 1010. The molecule has 15 heteroatoms. The lowest BCUT2D eigenvalue weighted by molar-refractivity contribution is -0.142. The first kappa shape index (κ1) is 32.2. The van der Waals surface area contributed by atoms with E-state index in [0.29, 0.717) is 17.7 Å². The van der Waals surface area contributed by atoms with Crippen LogP contribution in [-0.4, -0.2) is 81.9 Å². The van der Waals surface area contributed by atoms with Crippen LogP contribution in [0, 0.1) is 0 Å². The first-order valence-corrected chi connectivity index (χ1v) is 13.0. The number of phenols is 1. The number of rotatable bonds is 17. The Morgan fingerprint density at radius 2 is 1.39 bits per heavy atom. The van der Waals surface area contributed by atoms with Crippen molar-refractivity contribution in [1.29, 1.82) is 0 Å². The van der Waals surface area contributed by atoms with Crippen molar-refractivity contribution in [1.82, 2.24) is 16.0 Å². The Labute approximate surface area is 223 Å². The molecule has 0 aromatic heterocycles. The summed E-state index contributed by atoms with van der Waals surface area (Å²) in [4.78, 5) is 72.8. The molecular weight excluding hydrogens is 520 g/mol. The molecule has 0 aliphatic heterocycles. The topological polar surface area (TPSA) is 257 Å². The molecule has 1 aromatic carbocycles. The van der Waals surface area contributed by atoms with E-state index in [1.54, 1.807) is 0 Å². The molecule has 0 radical (unpaired) electrons. The van der Waals surface area contributed by atoms with Crippen molar-refractivity contribution in [3.05, 3.63) is 29.8 Å². The number of hydrogen-bond acceptors (Lipinski definition) is 9. The van der Waals surface area contributed by atoms with E-state index < -0.39 is 66.1 Å². The Hall–Kier alpha value is -3.85. The summed E-state index contributed by atoms with van der Waals surface area (Å²) in [7, 11) is 0. The number of carbonyl (C=O) groups is 6. The summed E-state index contributed by atoms with van der Waals surface area (Å²) in [5.41, 5.74) is 16.6. The van der Waals surface area contributed by atoms with Gasteiger partial charge >= 0.3 is 5.97 Å². The highest BCUT2D eigenvalue weighted by molar-refractivity contribution is 7.98. The van der Waals surface area contributed by atoms with Crippen molar-refractivity contribution in [3.8, 4) is 5.75 Å². The Kier molecular flexibility index (Phi) is 13.6. The second-order valence-corrected chi connectivity index (χ2v) is 9.44. The average molecular weight is 555 g/mol. The summed E-state index contributed by atoms with van der Waals surface area (Å²) in [5.74, 6) is -5.10. The second-order valence-electron chi connectivity index (χ2n) is 8.46. The standard InChI is InChI=1S/C23H34N6O8S/c1-38-9-8-14(24)20(33)28-17(11-19(26)32)22(35)29-16(10-12-2-4-13(30)5-3-12)21(34)27-15(23(36)37)6-7-18(25)31/h2-5,14-17,30H,6-11,24H2,1H3,(H2,25,31)(H2,26,32)(H,27,34)(H,28,33)(H,29,35)(H,36,37). The van der Waals surface area contributed by atoms with Crippen molar-refractivity contribution < 1.29 is 39.0 Å². The molecule has 1 aromatic rings. The normalized spacial score (nSPS) is 13.8. The molecule has 1 rings (SSSR count). The van der Waals surface area contributed by atoms with E-state index in [2.05, 4.69) is 16.0 Å². The van der Waals surface area contributed by atoms with E-state index >= 15 is 0 Å². The minimum atomic E-state index is -1.48. The number of thioether (sulfide) groups is 1. The molecule has 14 nitrogen and oxygen atoms in total. The van der Waals surface area contributed by atoms with Gasteiger partial charge in [-0.05, 0) is 42.5 Å². The van der Waals surface area contributed by atoms with Gasteiger partial charge in [-0.15, -0.1) is 0 Å². The third kappa shape index (κ3) is 11.9. The molecule has 0 saturated heterocycles. The number of amides is 5. The predicted octanol–water partition coefficient (Wildman–Crippen LogP) is -2.30. The maximum absolute atomic E-state index is 13.1. The van der Waals surface area contributed by atoms with Crippen LogP contribution >= 0.6 is 11.8 Å². The van der Waals surface area contributed by atoms with Crippen LogP contribution < -0.4 is 33.2 Å². The van der Waals surface area contributed by atoms with Gasteiger partial charge in [0.1, 0.15) is 23.9 Å². The third-order valence-electron chi connectivity index (χ3n) is 5.31. The van der Waals surface area contributed by atoms with Gasteiger partial charge in [0, 0.05) is 12.8 Å². The fourth-order valence-electron chi connectivity index (χ4n) is 3.23. The van der Waals surface area contributed by atoms with E-state index in [1.807, 2.05) is 6.26 Å². The number of primary amides is 2. The van der Waals surface area contributed by atoms with Crippen LogP contribution in [0.3, 0.4) is 0 Å². The van der Waals surface area contributed by atoms with Gasteiger partial charge in [0.25, 0.3) is 0 Å². The second kappa shape index (κ2) is 16.1. The summed E-state index contributed by atoms with van der Waals surface area (Å²) in [6.45, 7) is 0. The van der Waals surface area contributed by atoms with Gasteiger partial charge in [0.05, 0.1) is 12.5 Å². The summed E-state index contributed by atoms with van der Waals surface area (Å²) in [6.07, 6.45) is 0.809. The van der Waals surface area contributed by atoms with Crippen molar-refractivity contribution >= 4 is 47.3 Å². The number of aliphatic carboxylic acids is 1. The molecule has 0 saturated carbocycles. The van der Waals surface area contributed by atoms with Crippen molar-refractivity contribution in [2.45, 2.75) is 56.3 Å². The summed E-state index contributed by atoms with van der Waals surface area (Å²) in [5, 5.41) is 26.0. The molecule has 0 bridgehead atoms. The van der Waals surface area contributed by atoms with Crippen molar-refractivity contribution in [2.24, 2.45) is 17.2 Å². The molecule has 4 unspecified atom stereocenters. The largest absolute Gasteiger partial charge is 0.508 e. The molecule has 0 aliphatic rings. The fourth-order valence-corrected chi connectivity index (χ4v) is 3.72. The van der Waals surface area contributed by atoms with E-state index in [4.69, 9.17) is 17.2 Å². The highest BCUT2D eigenvalue weighted by atomic mass is 32.2. The molecule has 11 N–H and O–H groups in total. The van der Waals surface area contributed by atoms with Crippen LogP contribution in [0.2, 0.25) is 0 Å². The van der Waals surface area contributed by atoms with Gasteiger partial charge in [0.2, 0.25) is 29.5 Å². The molecule has 4 atom stereocenters. The van der Waals surface area contributed by atoms with Gasteiger partial charge in [-0.2, -0.15) is 11.8 Å². The number of aromatic hydroxyl groups is 1. The van der Waals surface area contributed by atoms with Gasteiger partial charge < -0.3 is 43.4 Å². The van der Waals surface area contributed by atoms with Gasteiger partial charge in [-0.25, -0.2) is 4.79 Å². The summed E-state index contributed by atoms with van der Waals surface area (Å²) >= 11 is 1.47. The zero-order valence-electron chi connectivity index (χ0n) is 20.8. The van der Waals surface area contributed by atoms with Crippen LogP contribution in [0.25, 0.3) is 0 Å². The Morgan fingerprint density at radius 1 is 0.842 bits per heavy atom. The molecule has 5 amide bonds. The highest BCUT2D eigenvalue weighted by Gasteiger charge is 2.31. The average Bonchev–Trinajstić information content (AvgIpc) is 2.84. The van der Waals surface area contributed by atoms with Crippen molar-refractivity contribution in [3.63, 3.8) is 0 Å². The number of nitrogens with one attached hydrogen (secondary N) is 3. The lowest BCUT2D eigenvalue weighted by Crippen LogP contribution is -2.58. The SMILES string of the molecule is CSCCC(N)C(=O)NC(CC(N)=O)C(=O)NC(Cc1ccc(O)cc1)C(=O)NC(CCC(N)=O)C(=O)O. The molecule has 0 aliphatic carbocycles. The van der Waals surface area contributed by atoms with Gasteiger partial charge in [-0.3, -0.25) is 24.0 Å². The van der Waals surface area contributed by atoms with Crippen LogP contribution in [0.15, 0.2) is 24.3 Å². The lowest BCUT2D eigenvalue weighted by atomic mass is 10.0.